The third kappa shape index (κ3) is 1.76. The van der Waals surface area contributed by atoms with Gasteiger partial charge in [-0.25, -0.2) is 18.0 Å². The molecule has 8 heteroatoms. The highest BCUT2D eigenvalue weighted by Crippen LogP contribution is 2.30. The number of esters is 1. The van der Waals surface area contributed by atoms with Crippen LogP contribution in [0.3, 0.4) is 0 Å². The number of aromatic nitrogens is 2. The van der Waals surface area contributed by atoms with Crippen molar-refractivity contribution in [3.63, 3.8) is 0 Å². The van der Waals surface area contributed by atoms with Gasteiger partial charge in [0.1, 0.15) is 5.52 Å². The van der Waals surface area contributed by atoms with Gasteiger partial charge in [0.2, 0.25) is 0 Å². The minimum Gasteiger partial charge on any atom is -0.464 e. The number of methoxy groups -OCH3 is 1. The van der Waals surface area contributed by atoms with E-state index in [1.165, 1.54) is 0 Å². The summed E-state index contributed by atoms with van der Waals surface area (Å²) < 4.78 is 44.3. The Hall–Kier alpha value is -1.89. The number of fused-ring (bicyclic) bond motifs is 1. The van der Waals surface area contributed by atoms with E-state index in [-0.39, 0.29) is 0 Å². The molecule has 0 bridgehead atoms. The third-order valence-electron chi connectivity index (χ3n) is 2.20. The second kappa shape index (κ2) is 4.41. The van der Waals surface area contributed by atoms with Crippen LogP contribution >= 0.6 is 11.6 Å². The summed E-state index contributed by atoms with van der Waals surface area (Å²) >= 11 is 5.69. The predicted octanol–water partition coefficient (Wildman–Crippen LogP) is 2.49. The van der Waals surface area contributed by atoms with Gasteiger partial charge in [-0.3, -0.25) is 0 Å². The molecule has 0 amide bonds. The predicted molar refractivity (Wildman–Crippen MR) is 55.8 cm³/mol. The van der Waals surface area contributed by atoms with E-state index in [1.54, 1.807) is 0 Å². The maximum absolute atomic E-state index is 13.5. The molecular weight excluding hydrogens is 273 g/mol. The Morgan fingerprint density at radius 2 is 1.94 bits per heavy atom. The molecule has 1 aromatic heterocycles. The van der Waals surface area contributed by atoms with Gasteiger partial charge in [0, 0.05) is 6.07 Å². The largest absolute Gasteiger partial charge is 0.464 e. The van der Waals surface area contributed by atoms with E-state index >= 15 is 0 Å². The van der Waals surface area contributed by atoms with E-state index in [1.807, 2.05) is 0 Å². The van der Waals surface area contributed by atoms with Crippen LogP contribution in [-0.4, -0.2) is 23.3 Å². The molecule has 1 heterocycles. The average Bonchev–Trinajstić information content (AvgIpc) is 2.35. The van der Waals surface area contributed by atoms with Crippen molar-refractivity contribution >= 4 is 28.5 Å². The number of carbonyl (C=O) groups is 1. The van der Waals surface area contributed by atoms with Crippen LogP contribution in [0.1, 0.15) is 10.5 Å². The van der Waals surface area contributed by atoms with Gasteiger partial charge in [0.05, 0.1) is 17.5 Å². The Morgan fingerprint density at radius 3 is 2.56 bits per heavy atom. The second-order valence-corrected chi connectivity index (χ2v) is 3.61. The van der Waals surface area contributed by atoms with Crippen molar-refractivity contribution in [3.05, 3.63) is 34.2 Å². The van der Waals surface area contributed by atoms with Gasteiger partial charge in [-0.15, -0.1) is 10.2 Å². The summed E-state index contributed by atoms with van der Waals surface area (Å²) in [5, 5.41) is 5.42. The summed E-state index contributed by atoms with van der Waals surface area (Å²) in [5.41, 5.74) is -1.08. The Bertz CT molecular complexity index is 663. The molecule has 0 aliphatic carbocycles. The number of hydrogen-bond donors (Lipinski definition) is 0. The summed E-state index contributed by atoms with van der Waals surface area (Å²) in [6, 6.07) is 0.320. The van der Waals surface area contributed by atoms with Crippen LogP contribution in [0, 0.1) is 17.5 Å². The lowest BCUT2D eigenvalue weighted by Gasteiger charge is -2.06. The number of rotatable bonds is 1. The first-order valence-corrected chi connectivity index (χ1v) is 4.92. The van der Waals surface area contributed by atoms with E-state index < -0.39 is 45.0 Å². The van der Waals surface area contributed by atoms with Crippen LogP contribution in [0.15, 0.2) is 6.07 Å². The molecule has 0 saturated carbocycles. The minimum atomic E-state index is -1.44. The lowest BCUT2D eigenvalue weighted by molar-refractivity contribution is 0.0593. The summed E-state index contributed by atoms with van der Waals surface area (Å²) in [7, 11) is 1.05. The van der Waals surface area contributed by atoms with E-state index in [0.29, 0.717) is 6.07 Å². The fourth-order valence-electron chi connectivity index (χ4n) is 1.37. The Morgan fingerprint density at radius 1 is 1.28 bits per heavy atom. The fraction of sp³-hybridized carbons (Fsp3) is 0.100. The number of ether oxygens (including phenoxy) is 1. The lowest BCUT2D eigenvalue weighted by Crippen LogP contribution is -2.08. The highest BCUT2D eigenvalue weighted by Gasteiger charge is 2.23. The Kier molecular flexibility index (Phi) is 3.08. The van der Waals surface area contributed by atoms with E-state index in [0.717, 1.165) is 7.11 Å². The van der Waals surface area contributed by atoms with Crippen LogP contribution in [-0.2, 0) is 4.74 Å². The van der Waals surface area contributed by atoms with Crippen LogP contribution in [0.4, 0.5) is 13.2 Å². The van der Waals surface area contributed by atoms with Crippen LogP contribution in [0.5, 0.6) is 0 Å². The van der Waals surface area contributed by atoms with Crippen molar-refractivity contribution in [2.24, 2.45) is 0 Å². The Labute approximate surface area is 103 Å². The molecule has 94 valence electrons. The highest BCUT2D eigenvalue weighted by molar-refractivity contribution is 6.37. The standard InChI is InChI=1S/C10H4ClF3N2O2/c1-18-10(17)9-6(11)5-7(14)3(12)2-4(13)8(5)15-16-9/h2H,1H3. The second-order valence-electron chi connectivity index (χ2n) is 3.23. The molecule has 18 heavy (non-hydrogen) atoms. The summed E-state index contributed by atoms with van der Waals surface area (Å²) in [6.45, 7) is 0. The van der Waals surface area contributed by atoms with Gasteiger partial charge < -0.3 is 4.74 Å². The van der Waals surface area contributed by atoms with Gasteiger partial charge in [-0.1, -0.05) is 11.6 Å². The van der Waals surface area contributed by atoms with Crippen LogP contribution in [0.2, 0.25) is 5.02 Å². The molecule has 0 atom stereocenters. The number of carbonyl (C=O) groups excluding carboxylic acids is 1. The lowest BCUT2D eigenvalue weighted by atomic mass is 10.2. The van der Waals surface area contributed by atoms with Gasteiger partial charge in [-0.2, -0.15) is 0 Å². The zero-order chi connectivity index (χ0) is 13.4. The number of halogens is 4. The van der Waals surface area contributed by atoms with Crippen molar-refractivity contribution in [3.8, 4) is 0 Å². The van der Waals surface area contributed by atoms with Gasteiger partial charge >= 0.3 is 5.97 Å². The molecule has 2 aromatic rings. The normalized spacial score (nSPS) is 10.7. The van der Waals surface area contributed by atoms with Crippen LogP contribution in [0.25, 0.3) is 10.9 Å². The van der Waals surface area contributed by atoms with Crippen molar-refractivity contribution in [2.45, 2.75) is 0 Å². The molecule has 0 aliphatic heterocycles. The number of hydrogen-bond acceptors (Lipinski definition) is 4. The van der Waals surface area contributed by atoms with Crippen molar-refractivity contribution < 1.29 is 22.7 Å². The Balaban J connectivity index is 2.89. The van der Waals surface area contributed by atoms with E-state index in [9.17, 15) is 18.0 Å². The number of nitrogens with zero attached hydrogens (tertiary/aromatic N) is 2. The zero-order valence-corrected chi connectivity index (χ0v) is 9.56. The molecule has 0 saturated heterocycles. The van der Waals surface area contributed by atoms with Crippen molar-refractivity contribution in [2.75, 3.05) is 7.11 Å². The first-order valence-electron chi connectivity index (χ1n) is 4.55. The van der Waals surface area contributed by atoms with Crippen molar-refractivity contribution in [1.29, 1.82) is 0 Å². The highest BCUT2D eigenvalue weighted by atomic mass is 35.5. The number of benzene rings is 1. The molecule has 1 aromatic carbocycles. The van der Waals surface area contributed by atoms with Crippen molar-refractivity contribution in [1.82, 2.24) is 10.2 Å². The summed E-state index contributed by atoms with van der Waals surface area (Å²) in [6.07, 6.45) is 0. The van der Waals surface area contributed by atoms with E-state index in [2.05, 4.69) is 14.9 Å². The minimum absolute atomic E-state index is 0.320. The topological polar surface area (TPSA) is 52.1 Å². The maximum atomic E-state index is 13.5. The maximum Gasteiger partial charge on any atom is 0.360 e. The smallest absolute Gasteiger partial charge is 0.360 e. The molecule has 0 N–H and O–H groups in total. The molecule has 0 aliphatic rings. The van der Waals surface area contributed by atoms with E-state index in [4.69, 9.17) is 11.6 Å². The fourth-order valence-corrected chi connectivity index (χ4v) is 1.66. The monoisotopic (exact) mass is 276 g/mol. The molecule has 0 spiro atoms. The first kappa shape index (κ1) is 12.6. The quantitative estimate of drug-likeness (QED) is 0.593. The molecule has 0 fully saturated rings. The average molecular weight is 277 g/mol. The third-order valence-corrected chi connectivity index (χ3v) is 2.57. The summed E-state index contributed by atoms with van der Waals surface area (Å²) in [5.74, 6) is -4.96. The molecule has 4 nitrogen and oxygen atoms in total. The SMILES string of the molecule is COC(=O)c1nnc2c(F)cc(F)c(F)c2c1Cl. The summed E-state index contributed by atoms with van der Waals surface area (Å²) in [4.78, 5) is 11.2. The molecule has 0 radical (unpaired) electrons. The zero-order valence-electron chi connectivity index (χ0n) is 8.80. The van der Waals surface area contributed by atoms with Crippen LogP contribution < -0.4 is 0 Å². The first-order chi connectivity index (χ1) is 8.47. The van der Waals surface area contributed by atoms with Gasteiger partial charge in [-0.05, 0) is 0 Å². The van der Waals surface area contributed by atoms with Gasteiger partial charge in [0.25, 0.3) is 0 Å². The molecular formula is C10H4ClF3N2O2. The van der Waals surface area contributed by atoms with Gasteiger partial charge in [0.15, 0.2) is 23.1 Å². The molecule has 2 rings (SSSR count). The molecule has 0 unspecified atom stereocenters.